The van der Waals surface area contributed by atoms with Crippen LogP contribution < -0.4 is 0 Å². The third-order valence-corrected chi connectivity index (χ3v) is 6.92. The van der Waals surface area contributed by atoms with Crippen LogP contribution in [0.3, 0.4) is 0 Å². The highest BCUT2D eigenvalue weighted by atomic mass is 16.5. The second-order valence-corrected chi connectivity index (χ2v) is 8.89. The van der Waals surface area contributed by atoms with Gasteiger partial charge in [-0.05, 0) is 93.1 Å². The van der Waals surface area contributed by atoms with Crippen LogP contribution >= 0.6 is 0 Å². The average molecular weight is 383 g/mol. The highest BCUT2D eigenvalue weighted by Gasteiger charge is 2.32. The van der Waals surface area contributed by atoms with Crippen LogP contribution in [0, 0.1) is 11.8 Å². The third-order valence-electron chi connectivity index (χ3n) is 6.92. The Morgan fingerprint density at radius 3 is 2.11 bits per heavy atom. The molecule has 2 fully saturated rings. The minimum atomic E-state index is -0.157. The van der Waals surface area contributed by atoms with E-state index < -0.39 is 0 Å². The normalized spacial score (nSPS) is 28.4. The number of carbonyl (C=O) groups excluding carboxylic acids is 1. The van der Waals surface area contributed by atoms with Crippen molar-refractivity contribution in [1.82, 2.24) is 0 Å². The van der Waals surface area contributed by atoms with Gasteiger partial charge in [-0.25, -0.2) is 4.79 Å². The molecule has 0 aliphatic heterocycles. The summed E-state index contributed by atoms with van der Waals surface area (Å²) in [6.07, 6.45) is 16.9. The molecule has 0 N–H and O–H groups in total. The lowest BCUT2D eigenvalue weighted by Gasteiger charge is -2.37. The van der Waals surface area contributed by atoms with Gasteiger partial charge in [-0.2, -0.15) is 0 Å². The first-order valence-corrected chi connectivity index (χ1v) is 11.7. The van der Waals surface area contributed by atoms with Crippen molar-refractivity contribution in [2.24, 2.45) is 11.8 Å². The highest BCUT2D eigenvalue weighted by molar-refractivity contribution is 5.82. The van der Waals surface area contributed by atoms with E-state index in [9.17, 15) is 4.79 Å². The zero-order chi connectivity index (χ0) is 19.8. The Labute approximate surface area is 171 Å². The van der Waals surface area contributed by atoms with Crippen molar-refractivity contribution >= 4 is 5.97 Å². The van der Waals surface area contributed by atoms with Crippen LogP contribution in [0.2, 0.25) is 0 Å². The van der Waals surface area contributed by atoms with Crippen molar-refractivity contribution < 1.29 is 9.53 Å². The molecule has 1 aromatic carbocycles. The maximum Gasteiger partial charge on any atom is 0.330 e. The Hall–Kier alpha value is -1.57. The van der Waals surface area contributed by atoms with E-state index >= 15 is 0 Å². The fourth-order valence-electron chi connectivity index (χ4n) is 5.26. The number of allylic oxidation sites excluding steroid dienone is 1. The highest BCUT2D eigenvalue weighted by Crippen LogP contribution is 2.43. The number of ether oxygens (including phenoxy) is 1. The van der Waals surface area contributed by atoms with Crippen molar-refractivity contribution in [2.45, 2.75) is 96.5 Å². The van der Waals surface area contributed by atoms with Crippen LogP contribution in [0.25, 0.3) is 0 Å². The summed E-state index contributed by atoms with van der Waals surface area (Å²) < 4.78 is 5.61. The van der Waals surface area contributed by atoms with Gasteiger partial charge in [-0.3, -0.25) is 0 Å². The molecule has 0 amide bonds. The summed E-state index contributed by atoms with van der Waals surface area (Å²) in [5.41, 5.74) is 3.02. The summed E-state index contributed by atoms with van der Waals surface area (Å²) in [7, 11) is 0. The second kappa shape index (κ2) is 10.8. The predicted molar refractivity (Wildman–Crippen MR) is 116 cm³/mol. The number of aryl methyl sites for hydroxylation is 1. The summed E-state index contributed by atoms with van der Waals surface area (Å²) in [6, 6.07) is 9.43. The zero-order valence-electron chi connectivity index (χ0n) is 17.9. The van der Waals surface area contributed by atoms with Crippen molar-refractivity contribution in [2.75, 3.05) is 0 Å². The second-order valence-electron chi connectivity index (χ2n) is 8.89. The van der Waals surface area contributed by atoms with Crippen molar-refractivity contribution in [1.29, 1.82) is 0 Å². The van der Waals surface area contributed by atoms with E-state index in [1.54, 1.807) is 11.6 Å². The SMILES string of the molecule is CC/C=C/C(=O)OC1CCC(C2CCC(c3ccc(CCC)cc3)CC2)CC1. The van der Waals surface area contributed by atoms with E-state index in [-0.39, 0.29) is 12.1 Å². The summed E-state index contributed by atoms with van der Waals surface area (Å²) in [4.78, 5) is 11.8. The molecule has 0 heterocycles. The summed E-state index contributed by atoms with van der Waals surface area (Å²) in [5.74, 6) is 2.33. The number of rotatable bonds is 7. The molecule has 0 unspecified atom stereocenters. The van der Waals surface area contributed by atoms with Gasteiger partial charge in [-0.1, -0.05) is 50.6 Å². The van der Waals surface area contributed by atoms with Gasteiger partial charge in [0.25, 0.3) is 0 Å². The van der Waals surface area contributed by atoms with Gasteiger partial charge < -0.3 is 4.74 Å². The van der Waals surface area contributed by atoms with Crippen molar-refractivity contribution in [3.63, 3.8) is 0 Å². The lowest BCUT2D eigenvalue weighted by atomic mass is 9.69. The Morgan fingerprint density at radius 2 is 1.54 bits per heavy atom. The molecule has 1 aromatic rings. The molecule has 2 heteroatoms. The van der Waals surface area contributed by atoms with Crippen LogP contribution in [0.4, 0.5) is 0 Å². The maximum absolute atomic E-state index is 11.8. The molecule has 28 heavy (non-hydrogen) atoms. The Bertz CT molecular complexity index is 614. The molecule has 0 saturated heterocycles. The van der Waals surface area contributed by atoms with Crippen LogP contribution in [-0.2, 0) is 16.0 Å². The first-order chi connectivity index (χ1) is 13.7. The van der Waals surface area contributed by atoms with Crippen LogP contribution in [-0.4, -0.2) is 12.1 Å². The molecule has 154 valence electrons. The Balaban J connectivity index is 1.41. The van der Waals surface area contributed by atoms with Crippen LogP contribution in [0.1, 0.15) is 95.1 Å². The monoisotopic (exact) mass is 382 g/mol. The molecule has 0 bridgehead atoms. The predicted octanol–water partition coefficient (Wildman–Crippen LogP) is 6.98. The molecule has 3 rings (SSSR count). The quantitative estimate of drug-likeness (QED) is 0.375. The van der Waals surface area contributed by atoms with E-state index in [1.807, 2.05) is 13.0 Å². The maximum atomic E-state index is 11.8. The van der Waals surface area contributed by atoms with Gasteiger partial charge in [0.1, 0.15) is 6.10 Å². The molecule has 0 spiro atoms. The topological polar surface area (TPSA) is 26.3 Å². The molecule has 2 aliphatic rings. The Kier molecular flexibility index (Phi) is 8.18. The van der Waals surface area contributed by atoms with Crippen molar-refractivity contribution in [3.8, 4) is 0 Å². The van der Waals surface area contributed by atoms with E-state index in [2.05, 4.69) is 31.2 Å². The number of hydrogen-bond acceptors (Lipinski definition) is 2. The molecular formula is C26H38O2. The summed E-state index contributed by atoms with van der Waals surface area (Å²) >= 11 is 0. The summed E-state index contributed by atoms with van der Waals surface area (Å²) in [5, 5.41) is 0. The molecule has 2 nitrogen and oxygen atoms in total. The number of benzene rings is 1. The minimum absolute atomic E-state index is 0.142. The summed E-state index contributed by atoms with van der Waals surface area (Å²) in [6.45, 7) is 4.28. The number of esters is 1. The zero-order valence-corrected chi connectivity index (χ0v) is 17.9. The first-order valence-electron chi connectivity index (χ1n) is 11.7. The molecule has 0 radical (unpaired) electrons. The van der Waals surface area contributed by atoms with Crippen molar-refractivity contribution in [3.05, 3.63) is 47.5 Å². The number of carbonyl (C=O) groups is 1. The van der Waals surface area contributed by atoms with Gasteiger partial charge in [0, 0.05) is 6.08 Å². The first kappa shape index (κ1) is 21.1. The van der Waals surface area contributed by atoms with Crippen LogP contribution in [0.5, 0.6) is 0 Å². The van der Waals surface area contributed by atoms with Gasteiger partial charge >= 0.3 is 5.97 Å². The lowest BCUT2D eigenvalue weighted by Crippen LogP contribution is -2.29. The van der Waals surface area contributed by atoms with Gasteiger partial charge in [0.15, 0.2) is 0 Å². The van der Waals surface area contributed by atoms with Gasteiger partial charge in [0.05, 0.1) is 0 Å². The fraction of sp³-hybridized carbons (Fsp3) is 0.654. The van der Waals surface area contributed by atoms with E-state index in [0.29, 0.717) is 0 Å². The largest absolute Gasteiger partial charge is 0.459 e. The van der Waals surface area contributed by atoms with Gasteiger partial charge in [-0.15, -0.1) is 0 Å². The lowest BCUT2D eigenvalue weighted by molar-refractivity contribution is -0.145. The van der Waals surface area contributed by atoms with E-state index in [4.69, 9.17) is 4.74 Å². The average Bonchev–Trinajstić information content (AvgIpc) is 2.74. The third kappa shape index (κ3) is 5.96. The fourth-order valence-corrected chi connectivity index (χ4v) is 5.26. The molecule has 2 saturated carbocycles. The standard InChI is InChI=1S/C26H38O2/c1-3-5-7-26(27)28-25-18-16-24(17-19-25)23-14-12-22(13-15-23)21-10-8-20(6-4-2)9-11-21/h5,7-11,22-25H,3-4,6,12-19H2,1-2H3/b7-5+. The minimum Gasteiger partial charge on any atom is -0.459 e. The molecule has 2 aliphatic carbocycles. The molecule has 0 aromatic heterocycles. The van der Waals surface area contributed by atoms with E-state index in [0.717, 1.165) is 37.0 Å². The Morgan fingerprint density at radius 1 is 0.929 bits per heavy atom. The van der Waals surface area contributed by atoms with Gasteiger partial charge in [0.2, 0.25) is 0 Å². The van der Waals surface area contributed by atoms with E-state index in [1.165, 1.54) is 56.9 Å². The number of hydrogen-bond donors (Lipinski definition) is 0. The van der Waals surface area contributed by atoms with Crippen LogP contribution in [0.15, 0.2) is 36.4 Å². The smallest absolute Gasteiger partial charge is 0.330 e. The molecule has 0 atom stereocenters. The molecular weight excluding hydrogens is 344 g/mol.